The first-order valence-electron chi connectivity index (χ1n) is 12.4. The molecular weight excluding hydrogens is 509 g/mol. The van der Waals surface area contributed by atoms with Gasteiger partial charge in [0.2, 0.25) is 11.9 Å². The number of hydrogen-bond donors (Lipinski definition) is 0. The normalized spacial score (nSPS) is 14.2. The molecule has 8 nitrogen and oxygen atoms in total. The van der Waals surface area contributed by atoms with Crippen LogP contribution in [0, 0.1) is 0 Å². The first kappa shape index (κ1) is 26.2. The molecule has 1 aliphatic rings. The van der Waals surface area contributed by atoms with E-state index in [9.17, 15) is 22.8 Å². The van der Waals surface area contributed by atoms with Crippen LogP contribution in [0.4, 0.5) is 19.1 Å². The number of amides is 1. The number of anilines is 1. The van der Waals surface area contributed by atoms with Crippen molar-refractivity contribution in [1.82, 2.24) is 24.2 Å². The van der Waals surface area contributed by atoms with Crippen LogP contribution < -0.4 is 10.5 Å². The van der Waals surface area contributed by atoms with Crippen molar-refractivity contribution in [2.24, 2.45) is 7.05 Å². The fraction of sp³-hybridized carbons (Fsp3) is 0.286. The third-order valence-electron chi connectivity index (χ3n) is 7.13. The number of carbonyl (C=O) groups excluding carboxylic acids is 1. The number of carbonyl (C=O) groups is 1. The van der Waals surface area contributed by atoms with Crippen molar-refractivity contribution >= 4 is 28.8 Å². The minimum absolute atomic E-state index is 0.0374. The molecule has 0 bridgehead atoms. The second-order valence-corrected chi connectivity index (χ2v) is 9.50. The molecule has 0 aliphatic carbocycles. The monoisotopic (exact) mass is 536 g/mol. The summed E-state index contributed by atoms with van der Waals surface area (Å²) in [5.74, 6) is 0.602. The van der Waals surface area contributed by atoms with Gasteiger partial charge in [0.25, 0.3) is 5.56 Å². The molecule has 39 heavy (non-hydrogen) atoms. The van der Waals surface area contributed by atoms with E-state index < -0.39 is 11.7 Å². The third-order valence-corrected chi connectivity index (χ3v) is 7.13. The summed E-state index contributed by atoms with van der Waals surface area (Å²) in [7, 11) is 1.54. The van der Waals surface area contributed by atoms with Gasteiger partial charge in [0.15, 0.2) is 0 Å². The van der Waals surface area contributed by atoms with E-state index in [2.05, 4.69) is 16.5 Å². The number of alkyl halides is 3. The Hall–Kier alpha value is -4.41. The molecule has 0 unspecified atom stereocenters. The number of benzene rings is 2. The lowest BCUT2D eigenvalue weighted by atomic mass is 10.0. The van der Waals surface area contributed by atoms with Crippen molar-refractivity contribution in [2.45, 2.75) is 19.6 Å². The highest BCUT2D eigenvalue weighted by molar-refractivity contribution is 5.84. The first-order valence-corrected chi connectivity index (χ1v) is 12.4. The zero-order valence-electron chi connectivity index (χ0n) is 21.6. The van der Waals surface area contributed by atoms with Gasteiger partial charge in [0, 0.05) is 58.1 Å². The smallest absolute Gasteiger partial charge is 0.339 e. The Bertz CT molecular complexity index is 1610. The lowest BCUT2D eigenvalue weighted by Gasteiger charge is -2.34. The van der Waals surface area contributed by atoms with Crippen molar-refractivity contribution < 1.29 is 18.0 Å². The van der Waals surface area contributed by atoms with Crippen LogP contribution in [0.15, 0.2) is 60.2 Å². The fourth-order valence-electron chi connectivity index (χ4n) is 4.91. The van der Waals surface area contributed by atoms with Gasteiger partial charge in [-0.1, -0.05) is 24.8 Å². The zero-order chi connectivity index (χ0) is 27.9. The summed E-state index contributed by atoms with van der Waals surface area (Å²) < 4.78 is 44.2. The summed E-state index contributed by atoms with van der Waals surface area (Å²) in [4.78, 5) is 37.3. The van der Waals surface area contributed by atoms with E-state index >= 15 is 0 Å². The number of piperazine rings is 1. The van der Waals surface area contributed by atoms with Gasteiger partial charge in [0.1, 0.15) is 0 Å². The van der Waals surface area contributed by atoms with Gasteiger partial charge in [-0.05, 0) is 41.0 Å². The van der Waals surface area contributed by atoms with Crippen LogP contribution in [0.25, 0.3) is 28.1 Å². The molecular formula is C28H27F3N6O2. The summed E-state index contributed by atoms with van der Waals surface area (Å²) in [5, 5.41) is 0.399. The molecule has 0 spiro atoms. The average Bonchev–Trinajstić information content (AvgIpc) is 3.16. The molecule has 0 radical (unpaired) electrons. The first-order chi connectivity index (χ1) is 18.6. The molecule has 0 saturated carbocycles. The van der Waals surface area contributed by atoms with Gasteiger partial charge in [-0.3, -0.25) is 19.0 Å². The van der Waals surface area contributed by atoms with Crippen molar-refractivity contribution in [3.63, 3.8) is 0 Å². The van der Waals surface area contributed by atoms with Gasteiger partial charge in [-0.2, -0.15) is 13.2 Å². The van der Waals surface area contributed by atoms with E-state index in [0.717, 1.165) is 11.6 Å². The van der Waals surface area contributed by atoms with Crippen LogP contribution in [-0.2, 0) is 24.6 Å². The Kier molecular flexibility index (Phi) is 6.75. The Morgan fingerprint density at radius 3 is 2.33 bits per heavy atom. The molecule has 2 aromatic carbocycles. The molecule has 1 amide bonds. The Morgan fingerprint density at radius 1 is 1.03 bits per heavy atom. The van der Waals surface area contributed by atoms with Crippen molar-refractivity contribution in [3.8, 4) is 11.1 Å². The molecule has 5 rings (SSSR count). The predicted molar refractivity (Wildman–Crippen MR) is 143 cm³/mol. The summed E-state index contributed by atoms with van der Waals surface area (Å²) >= 11 is 0. The van der Waals surface area contributed by atoms with E-state index in [1.54, 1.807) is 47.1 Å². The molecule has 1 fully saturated rings. The third kappa shape index (κ3) is 5.04. The van der Waals surface area contributed by atoms with Crippen LogP contribution in [-0.4, -0.2) is 56.3 Å². The van der Waals surface area contributed by atoms with Gasteiger partial charge in [-0.15, -0.1) is 0 Å². The van der Waals surface area contributed by atoms with Gasteiger partial charge in [-0.25, -0.2) is 9.97 Å². The number of rotatable bonds is 5. The quantitative estimate of drug-likeness (QED) is 0.383. The molecule has 2 aromatic heterocycles. The fourth-order valence-corrected chi connectivity index (χ4v) is 4.91. The topological polar surface area (TPSA) is 76.3 Å². The van der Waals surface area contributed by atoms with E-state index in [1.807, 2.05) is 4.90 Å². The number of halogens is 3. The van der Waals surface area contributed by atoms with Crippen molar-refractivity contribution in [1.29, 1.82) is 0 Å². The van der Waals surface area contributed by atoms with Gasteiger partial charge in [0.05, 0.1) is 23.0 Å². The maximum atomic E-state index is 13.8. The predicted octanol–water partition coefficient (Wildman–Crippen LogP) is 4.18. The molecule has 1 aliphatic heterocycles. The van der Waals surface area contributed by atoms with Crippen LogP contribution in [0.5, 0.6) is 0 Å². The maximum absolute atomic E-state index is 13.8. The second kappa shape index (κ2) is 10.0. The second-order valence-electron chi connectivity index (χ2n) is 9.50. The SMILES string of the molecule is C=Cc1ccc(C(F)(F)F)c(Cn2c3cc(-c4cnc(N5CCN(C(C)=O)CC5)nc4)ccc3c(=O)n2C)c1. The Labute approximate surface area is 222 Å². The van der Waals surface area contributed by atoms with E-state index in [4.69, 9.17) is 0 Å². The molecule has 202 valence electrons. The average molecular weight is 537 g/mol. The van der Waals surface area contributed by atoms with E-state index in [-0.39, 0.29) is 23.6 Å². The van der Waals surface area contributed by atoms with Crippen LogP contribution in [0.2, 0.25) is 0 Å². The van der Waals surface area contributed by atoms with E-state index in [0.29, 0.717) is 54.2 Å². The van der Waals surface area contributed by atoms with E-state index in [1.165, 1.54) is 29.9 Å². The Morgan fingerprint density at radius 2 is 1.72 bits per heavy atom. The summed E-state index contributed by atoms with van der Waals surface area (Å²) in [5.41, 5.74) is 1.46. The molecule has 0 atom stereocenters. The standard InChI is InChI=1S/C28H27F3N6O2/c1-4-19-5-8-24(28(29,30)31)21(13-19)17-37-25-14-20(6-7-23(25)26(39)34(37)3)22-15-32-27(33-16-22)36-11-9-35(10-12-36)18(2)38/h4-8,13-16H,1,9-12,17H2,2-3H3. The Balaban J connectivity index is 1.48. The minimum atomic E-state index is -4.54. The maximum Gasteiger partial charge on any atom is 0.416 e. The van der Waals surface area contributed by atoms with Crippen molar-refractivity contribution in [3.05, 3.63) is 82.4 Å². The lowest BCUT2D eigenvalue weighted by molar-refractivity contribution is -0.138. The molecule has 0 N–H and O–H groups in total. The largest absolute Gasteiger partial charge is 0.416 e. The number of hydrogen-bond acceptors (Lipinski definition) is 5. The number of nitrogens with zero attached hydrogens (tertiary/aromatic N) is 6. The number of aromatic nitrogens is 4. The van der Waals surface area contributed by atoms with Gasteiger partial charge >= 0.3 is 6.18 Å². The lowest BCUT2D eigenvalue weighted by Crippen LogP contribution is -2.48. The summed E-state index contributed by atoms with van der Waals surface area (Å²) in [6.07, 6.45) is 0.310. The summed E-state index contributed by atoms with van der Waals surface area (Å²) in [6.45, 7) is 7.53. The zero-order valence-corrected chi connectivity index (χ0v) is 21.6. The van der Waals surface area contributed by atoms with Gasteiger partial charge < -0.3 is 9.80 Å². The number of fused-ring (bicyclic) bond motifs is 1. The highest BCUT2D eigenvalue weighted by Crippen LogP contribution is 2.34. The van der Waals surface area contributed by atoms with Crippen LogP contribution in [0.1, 0.15) is 23.6 Å². The molecule has 3 heterocycles. The summed E-state index contributed by atoms with van der Waals surface area (Å²) in [6, 6.07) is 9.07. The van der Waals surface area contributed by atoms with Crippen LogP contribution in [0.3, 0.4) is 0 Å². The highest BCUT2D eigenvalue weighted by Gasteiger charge is 2.33. The van der Waals surface area contributed by atoms with Crippen LogP contribution >= 0.6 is 0 Å². The molecule has 1 saturated heterocycles. The molecule has 4 aromatic rings. The minimum Gasteiger partial charge on any atom is -0.339 e. The molecule has 11 heteroatoms. The highest BCUT2D eigenvalue weighted by atomic mass is 19.4. The van der Waals surface area contributed by atoms with Crippen molar-refractivity contribution in [2.75, 3.05) is 31.1 Å².